The van der Waals surface area contributed by atoms with Crippen molar-refractivity contribution in [3.8, 4) is 0 Å². The van der Waals surface area contributed by atoms with E-state index in [-0.39, 0.29) is 11.8 Å². The highest BCUT2D eigenvalue weighted by Gasteiger charge is 2.48. The van der Waals surface area contributed by atoms with E-state index in [1.807, 2.05) is 0 Å². The van der Waals surface area contributed by atoms with E-state index in [0.29, 0.717) is 42.9 Å². The zero-order valence-electron chi connectivity index (χ0n) is 11.9. The van der Waals surface area contributed by atoms with E-state index in [2.05, 4.69) is 15.8 Å². The molecule has 0 aliphatic carbocycles. The van der Waals surface area contributed by atoms with Crippen LogP contribution in [0.25, 0.3) is 0 Å². The molecule has 3 rings (SSSR count). The molecule has 2 fully saturated rings. The maximum absolute atomic E-state index is 12.5. The summed E-state index contributed by atoms with van der Waals surface area (Å²) in [6.45, 7) is 4.22. The molecule has 8 nitrogen and oxygen atoms in total. The third kappa shape index (κ3) is 2.07. The first-order valence-corrected chi connectivity index (χ1v) is 6.79. The summed E-state index contributed by atoms with van der Waals surface area (Å²) in [5.74, 6) is 0.0347. The van der Waals surface area contributed by atoms with Gasteiger partial charge in [-0.3, -0.25) is 14.9 Å². The number of imide groups is 1. The Labute approximate surface area is 120 Å². The van der Waals surface area contributed by atoms with Gasteiger partial charge >= 0.3 is 6.03 Å². The van der Waals surface area contributed by atoms with E-state index in [4.69, 9.17) is 4.52 Å². The molecule has 21 heavy (non-hydrogen) atoms. The van der Waals surface area contributed by atoms with E-state index in [0.717, 1.165) is 0 Å². The Balaban J connectivity index is 1.73. The maximum atomic E-state index is 12.5. The summed E-state index contributed by atoms with van der Waals surface area (Å²) in [6, 6.07) is -0.467. The highest BCUT2D eigenvalue weighted by Crippen LogP contribution is 2.27. The number of piperidine rings is 1. The minimum Gasteiger partial charge on any atom is -0.361 e. The molecule has 0 radical (unpaired) electrons. The first kappa shape index (κ1) is 13.6. The summed E-state index contributed by atoms with van der Waals surface area (Å²) in [7, 11) is 0. The quantitative estimate of drug-likeness (QED) is 0.715. The first-order valence-electron chi connectivity index (χ1n) is 6.79. The molecule has 2 aliphatic heterocycles. The van der Waals surface area contributed by atoms with Crippen molar-refractivity contribution in [1.29, 1.82) is 0 Å². The van der Waals surface area contributed by atoms with Crippen LogP contribution < -0.4 is 10.6 Å². The van der Waals surface area contributed by atoms with Gasteiger partial charge in [0.15, 0.2) is 0 Å². The summed E-state index contributed by atoms with van der Waals surface area (Å²) in [4.78, 5) is 37.3. The van der Waals surface area contributed by atoms with Crippen LogP contribution in [0.5, 0.6) is 0 Å². The molecular formula is C13H16N4O4. The predicted octanol–water partition coefficient (Wildman–Crippen LogP) is 0.106. The largest absolute Gasteiger partial charge is 0.361 e. The first-order chi connectivity index (χ1) is 9.93. The van der Waals surface area contributed by atoms with Crippen LogP contribution in [0.3, 0.4) is 0 Å². The molecule has 0 aromatic carbocycles. The number of carbonyl (C=O) groups is 3. The fraction of sp³-hybridized carbons (Fsp3) is 0.538. The van der Waals surface area contributed by atoms with Crippen molar-refractivity contribution in [1.82, 2.24) is 20.7 Å². The SMILES string of the molecule is Cc1noc(C)c1C(=O)N1CCC2(CC1)NC(=O)NC2=O. The number of amides is 4. The molecule has 1 spiro atoms. The molecular weight excluding hydrogens is 276 g/mol. The van der Waals surface area contributed by atoms with Crippen molar-refractivity contribution in [3.63, 3.8) is 0 Å². The maximum Gasteiger partial charge on any atom is 0.322 e. The second-order valence-corrected chi connectivity index (χ2v) is 5.48. The number of carbonyl (C=O) groups excluding carboxylic acids is 3. The van der Waals surface area contributed by atoms with Crippen LogP contribution in [0.4, 0.5) is 4.79 Å². The van der Waals surface area contributed by atoms with Crippen molar-refractivity contribution in [2.75, 3.05) is 13.1 Å². The van der Waals surface area contributed by atoms with Gasteiger partial charge in [0.2, 0.25) is 0 Å². The fourth-order valence-electron chi connectivity index (χ4n) is 2.92. The van der Waals surface area contributed by atoms with E-state index >= 15 is 0 Å². The zero-order valence-corrected chi connectivity index (χ0v) is 11.9. The van der Waals surface area contributed by atoms with E-state index in [9.17, 15) is 14.4 Å². The minimum atomic E-state index is -0.868. The Kier molecular flexibility index (Phi) is 2.96. The number of urea groups is 1. The lowest BCUT2D eigenvalue weighted by atomic mass is 9.87. The monoisotopic (exact) mass is 292 g/mol. The van der Waals surface area contributed by atoms with E-state index in [1.54, 1.807) is 18.7 Å². The Morgan fingerprint density at radius 1 is 1.29 bits per heavy atom. The highest BCUT2D eigenvalue weighted by atomic mass is 16.5. The summed E-state index contributed by atoms with van der Waals surface area (Å²) in [5, 5.41) is 8.70. The lowest BCUT2D eigenvalue weighted by Crippen LogP contribution is -2.55. The smallest absolute Gasteiger partial charge is 0.322 e. The van der Waals surface area contributed by atoms with Crippen LogP contribution in [0.15, 0.2) is 4.52 Å². The molecule has 1 aromatic rings. The van der Waals surface area contributed by atoms with Crippen molar-refractivity contribution < 1.29 is 18.9 Å². The summed E-state index contributed by atoms with van der Waals surface area (Å²) < 4.78 is 5.01. The molecule has 2 aliphatic rings. The average Bonchev–Trinajstić information content (AvgIpc) is 2.90. The Hall–Kier alpha value is -2.38. The topological polar surface area (TPSA) is 105 Å². The summed E-state index contributed by atoms with van der Waals surface area (Å²) in [5.41, 5.74) is 0.169. The van der Waals surface area contributed by atoms with Gasteiger partial charge in [0.25, 0.3) is 11.8 Å². The molecule has 0 bridgehead atoms. The van der Waals surface area contributed by atoms with Crippen molar-refractivity contribution >= 4 is 17.8 Å². The number of hydrogen-bond donors (Lipinski definition) is 2. The molecule has 0 atom stereocenters. The van der Waals surface area contributed by atoms with E-state index in [1.165, 1.54) is 0 Å². The van der Waals surface area contributed by atoms with E-state index < -0.39 is 11.6 Å². The van der Waals surface area contributed by atoms with Gasteiger partial charge in [-0.05, 0) is 26.7 Å². The average molecular weight is 292 g/mol. The number of nitrogens with zero attached hydrogens (tertiary/aromatic N) is 2. The van der Waals surface area contributed by atoms with Crippen LogP contribution in [0.2, 0.25) is 0 Å². The van der Waals surface area contributed by atoms with Gasteiger partial charge in [-0.15, -0.1) is 0 Å². The van der Waals surface area contributed by atoms with Gasteiger partial charge in [0.1, 0.15) is 16.9 Å². The minimum absolute atomic E-state index is 0.147. The second-order valence-electron chi connectivity index (χ2n) is 5.48. The van der Waals surface area contributed by atoms with Crippen LogP contribution in [0, 0.1) is 13.8 Å². The molecule has 3 heterocycles. The van der Waals surface area contributed by atoms with Crippen LogP contribution in [-0.2, 0) is 4.79 Å². The summed E-state index contributed by atoms with van der Waals surface area (Å²) in [6.07, 6.45) is 0.805. The molecule has 112 valence electrons. The molecule has 0 saturated carbocycles. The lowest BCUT2D eigenvalue weighted by Gasteiger charge is -2.36. The van der Waals surface area contributed by atoms with Crippen LogP contribution in [0.1, 0.15) is 34.7 Å². The van der Waals surface area contributed by atoms with Gasteiger partial charge < -0.3 is 14.7 Å². The lowest BCUT2D eigenvalue weighted by molar-refractivity contribution is -0.125. The molecule has 0 unspecified atom stereocenters. The zero-order chi connectivity index (χ0) is 15.2. The molecule has 4 amide bonds. The molecule has 2 saturated heterocycles. The van der Waals surface area contributed by atoms with Gasteiger partial charge in [-0.2, -0.15) is 0 Å². The number of likely N-dealkylation sites (tertiary alicyclic amines) is 1. The Morgan fingerprint density at radius 2 is 1.95 bits per heavy atom. The number of hydrogen-bond acceptors (Lipinski definition) is 5. The number of aromatic nitrogens is 1. The number of rotatable bonds is 1. The Morgan fingerprint density at radius 3 is 2.43 bits per heavy atom. The molecule has 2 N–H and O–H groups in total. The van der Waals surface area contributed by atoms with Crippen molar-refractivity contribution in [2.24, 2.45) is 0 Å². The van der Waals surface area contributed by atoms with Gasteiger partial charge in [-0.1, -0.05) is 5.16 Å². The third-order valence-corrected chi connectivity index (χ3v) is 4.17. The summed E-state index contributed by atoms with van der Waals surface area (Å²) >= 11 is 0. The van der Waals surface area contributed by atoms with Gasteiger partial charge in [0.05, 0.1) is 5.69 Å². The van der Waals surface area contributed by atoms with Crippen molar-refractivity contribution in [3.05, 3.63) is 17.0 Å². The standard InChI is InChI=1S/C13H16N4O4/c1-7-9(8(2)21-16-7)10(18)17-5-3-13(4-6-17)11(19)14-12(20)15-13/h3-6H2,1-2H3,(H2,14,15,19,20). The van der Waals surface area contributed by atoms with Crippen LogP contribution >= 0.6 is 0 Å². The fourth-order valence-corrected chi connectivity index (χ4v) is 2.92. The normalized spacial score (nSPS) is 20.6. The predicted molar refractivity (Wildman–Crippen MR) is 70.5 cm³/mol. The highest BCUT2D eigenvalue weighted by molar-refractivity contribution is 6.07. The number of aryl methyl sites for hydroxylation is 2. The Bertz CT molecular complexity index is 609. The van der Waals surface area contributed by atoms with Crippen LogP contribution in [-0.4, -0.2) is 46.5 Å². The third-order valence-electron chi connectivity index (χ3n) is 4.17. The molecule has 8 heteroatoms. The van der Waals surface area contributed by atoms with Gasteiger partial charge in [0, 0.05) is 13.1 Å². The number of nitrogens with one attached hydrogen (secondary N) is 2. The van der Waals surface area contributed by atoms with Gasteiger partial charge in [-0.25, -0.2) is 4.79 Å². The molecule has 1 aromatic heterocycles. The second kappa shape index (κ2) is 4.57. The van der Waals surface area contributed by atoms with Crippen molar-refractivity contribution in [2.45, 2.75) is 32.2 Å².